The summed E-state index contributed by atoms with van der Waals surface area (Å²) in [6.07, 6.45) is 0.0190. The van der Waals surface area contributed by atoms with Gasteiger partial charge in [-0.25, -0.2) is 4.79 Å². The number of ether oxygens (including phenoxy) is 1. The number of rotatable bonds is 8. The van der Waals surface area contributed by atoms with E-state index in [1.807, 2.05) is 44.2 Å². The van der Waals surface area contributed by atoms with E-state index in [2.05, 4.69) is 0 Å². The summed E-state index contributed by atoms with van der Waals surface area (Å²) in [4.78, 5) is 36.2. The Labute approximate surface area is 136 Å². The van der Waals surface area contributed by atoms with Gasteiger partial charge < -0.3 is 14.7 Å². The van der Waals surface area contributed by atoms with Crippen LogP contribution in [0.25, 0.3) is 0 Å². The molecule has 1 N–H and O–H groups in total. The zero-order chi connectivity index (χ0) is 17.4. The van der Waals surface area contributed by atoms with Gasteiger partial charge in [-0.05, 0) is 11.5 Å². The highest BCUT2D eigenvalue weighted by Gasteiger charge is 2.33. The zero-order valence-electron chi connectivity index (χ0n) is 13.7. The fourth-order valence-corrected chi connectivity index (χ4v) is 2.22. The summed E-state index contributed by atoms with van der Waals surface area (Å²) in [5, 5.41) is 8.74. The molecule has 0 fully saturated rings. The monoisotopic (exact) mass is 321 g/mol. The molecule has 1 amide bonds. The van der Waals surface area contributed by atoms with Crippen molar-refractivity contribution < 1.29 is 24.2 Å². The molecule has 0 aliphatic heterocycles. The van der Waals surface area contributed by atoms with Crippen LogP contribution in [0, 0.1) is 5.92 Å². The first kappa shape index (κ1) is 18.7. The topological polar surface area (TPSA) is 83.9 Å². The number of likely N-dealkylation sites (N-methyl/N-ethyl adjacent to an activating group) is 1. The molecule has 0 radical (unpaired) electrons. The standard InChI is InChI=1S/C17H23NO5/c1-4-12(2)16(18(3)14(19)10-15(20)21)17(22)23-11-13-8-6-5-7-9-13/h5-9,12,16H,4,10-11H2,1-3H3,(H,20,21). The van der Waals surface area contributed by atoms with Crippen LogP contribution in [-0.2, 0) is 25.7 Å². The maximum atomic E-state index is 12.4. The predicted octanol–water partition coefficient (Wildman–Crippen LogP) is 2.08. The second-order valence-electron chi connectivity index (χ2n) is 5.50. The Bertz CT molecular complexity index is 543. The molecule has 0 aromatic heterocycles. The number of carboxylic acids is 1. The average Bonchev–Trinajstić information content (AvgIpc) is 2.53. The number of carbonyl (C=O) groups excluding carboxylic acids is 2. The van der Waals surface area contributed by atoms with E-state index in [4.69, 9.17) is 9.84 Å². The van der Waals surface area contributed by atoms with Crippen LogP contribution in [-0.4, -0.2) is 40.9 Å². The molecule has 126 valence electrons. The second kappa shape index (κ2) is 8.92. The fourth-order valence-electron chi connectivity index (χ4n) is 2.22. The van der Waals surface area contributed by atoms with Gasteiger partial charge in [0.05, 0.1) is 0 Å². The van der Waals surface area contributed by atoms with Crippen molar-refractivity contribution in [3.8, 4) is 0 Å². The highest BCUT2D eigenvalue weighted by molar-refractivity contribution is 5.95. The normalized spacial score (nSPS) is 13.0. The lowest BCUT2D eigenvalue weighted by atomic mass is 9.97. The third-order valence-electron chi connectivity index (χ3n) is 3.76. The van der Waals surface area contributed by atoms with Gasteiger partial charge in [0.15, 0.2) is 0 Å². The molecule has 1 aromatic rings. The largest absolute Gasteiger partial charge is 0.481 e. The van der Waals surface area contributed by atoms with Crippen molar-refractivity contribution in [1.82, 2.24) is 4.90 Å². The molecular weight excluding hydrogens is 298 g/mol. The molecule has 0 saturated heterocycles. The van der Waals surface area contributed by atoms with Gasteiger partial charge in [-0.3, -0.25) is 9.59 Å². The van der Waals surface area contributed by atoms with Gasteiger partial charge in [0.1, 0.15) is 19.1 Å². The van der Waals surface area contributed by atoms with Gasteiger partial charge in [-0.1, -0.05) is 50.6 Å². The van der Waals surface area contributed by atoms with Crippen molar-refractivity contribution in [2.24, 2.45) is 5.92 Å². The SMILES string of the molecule is CCC(C)C(C(=O)OCc1ccccc1)N(C)C(=O)CC(=O)O. The molecule has 0 spiro atoms. The molecule has 0 heterocycles. The van der Waals surface area contributed by atoms with Crippen LogP contribution in [0.4, 0.5) is 0 Å². The Morgan fingerprint density at radius 2 is 1.83 bits per heavy atom. The quantitative estimate of drug-likeness (QED) is 0.585. The summed E-state index contributed by atoms with van der Waals surface area (Å²) in [7, 11) is 1.44. The first-order valence-corrected chi connectivity index (χ1v) is 7.54. The second-order valence-corrected chi connectivity index (χ2v) is 5.50. The molecule has 2 unspecified atom stereocenters. The molecule has 1 rings (SSSR count). The predicted molar refractivity (Wildman–Crippen MR) is 84.5 cm³/mol. The van der Waals surface area contributed by atoms with E-state index in [1.165, 1.54) is 11.9 Å². The lowest BCUT2D eigenvalue weighted by Crippen LogP contribution is -2.47. The molecule has 6 heteroatoms. The number of hydrogen-bond acceptors (Lipinski definition) is 4. The van der Waals surface area contributed by atoms with Crippen molar-refractivity contribution >= 4 is 17.8 Å². The van der Waals surface area contributed by atoms with E-state index in [0.29, 0.717) is 6.42 Å². The summed E-state index contributed by atoms with van der Waals surface area (Å²) in [5.41, 5.74) is 0.850. The number of carboxylic acid groups (broad SMARTS) is 1. The maximum absolute atomic E-state index is 12.4. The zero-order valence-corrected chi connectivity index (χ0v) is 13.7. The van der Waals surface area contributed by atoms with Crippen LogP contribution in [0.2, 0.25) is 0 Å². The van der Waals surface area contributed by atoms with Crippen molar-refractivity contribution in [2.45, 2.75) is 39.3 Å². The van der Waals surface area contributed by atoms with E-state index in [9.17, 15) is 14.4 Å². The van der Waals surface area contributed by atoms with Crippen LogP contribution in [0.1, 0.15) is 32.3 Å². The minimum absolute atomic E-state index is 0.119. The van der Waals surface area contributed by atoms with Gasteiger partial charge in [0.25, 0.3) is 0 Å². The Morgan fingerprint density at radius 1 is 1.22 bits per heavy atom. The number of esters is 1. The molecular formula is C17H23NO5. The summed E-state index contributed by atoms with van der Waals surface area (Å²) in [6.45, 7) is 3.85. The molecule has 0 bridgehead atoms. The Kier molecular flexibility index (Phi) is 7.25. The Morgan fingerprint density at radius 3 is 2.35 bits per heavy atom. The van der Waals surface area contributed by atoms with Gasteiger partial charge in [-0.2, -0.15) is 0 Å². The van der Waals surface area contributed by atoms with E-state index >= 15 is 0 Å². The van der Waals surface area contributed by atoms with Gasteiger partial charge in [0.2, 0.25) is 5.91 Å². The molecule has 1 aromatic carbocycles. The molecule has 0 aliphatic carbocycles. The lowest BCUT2D eigenvalue weighted by Gasteiger charge is -2.30. The Balaban J connectivity index is 2.78. The van der Waals surface area contributed by atoms with E-state index in [-0.39, 0.29) is 12.5 Å². The van der Waals surface area contributed by atoms with Crippen LogP contribution >= 0.6 is 0 Å². The van der Waals surface area contributed by atoms with E-state index < -0.39 is 30.3 Å². The van der Waals surface area contributed by atoms with E-state index in [0.717, 1.165) is 5.56 Å². The van der Waals surface area contributed by atoms with Crippen LogP contribution in [0.3, 0.4) is 0 Å². The number of carbonyl (C=O) groups is 3. The minimum Gasteiger partial charge on any atom is -0.481 e. The number of amides is 1. The summed E-state index contributed by atoms with van der Waals surface area (Å²) < 4.78 is 5.31. The first-order chi connectivity index (χ1) is 10.9. The lowest BCUT2D eigenvalue weighted by molar-refractivity contribution is -0.159. The summed E-state index contributed by atoms with van der Waals surface area (Å²) >= 11 is 0. The molecule has 2 atom stereocenters. The van der Waals surface area contributed by atoms with Crippen molar-refractivity contribution in [2.75, 3.05) is 7.05 Å². The van der Waals surface area contributed by atoms with Crippen LogP contribution in [0.15, 0.2) is 30.3 Å². The number of nitrogens with zero attached hydrogens (tertiary/aromatic N) is 1. The third-order valence-corrected chi connectivity index (χ3v) is 3.76. The van der Waals surface area contributed by atoms with Crippen molar-refractivity contribution in [3.05, 3.63) is 35.9 Å². The number of hydrogen-bond donors (Lipinski definition) is 1. The molecule has 0 saturated carbocycles. The van der Waals surface area contributed by atoms with Gasteiger partial charge >= 0.3 is 11.9 Å². The number of benzene rings is 1. The third kappa shape index (κ3) is 5.73. The minimum atomic E-state index is -1.22. The number of aliphatic carboxylic acids is 1. The van der Waals surface area contributed by atoms with Gasteiger partial charge in [-0.15, -0.1) is 0 Å². The smallest absolute Gasteiger partial charge is 0.329 e. The Hall–Kier alpha value is -2.37. The molecule has 6 nitrogen and oxygen atoms in total. The summed E-state index contributed by atoms with van der Waals surface area (Å²) in [6, 6.07) is 8.44. The highest BCUT2D eigenvalue weighted by atomic mass is 16.5. The average molecular weight is 321 g/mol. The van der Waals surface area contributed by atoms with Gasteiger partial charge in [0, 0.05) is 7.05 Å². The fraction of sp³-hybridized carbons (Fsp3) is 0.471. The van der Waals surface area contributed by atoms with Crippen molar-refractivity contribution in [3.63, 3.8) is 0 Å². The summed E-state index contributed by atoms with van der Waals surface area (Å²) in [5.74, 6) is -2.49. The maximum Gasteiger partial charge on any atom is 0.329 e. The van der Waals surface area contributed by atoms with Crippen LogP contribution in [0.5, 0.6) is 0 Å². The van der Waals surface area contributed by atoms with Crippen molar-refractivity contribution in [1.29, 1.82) is 0 Å². The highest BCUT2D eigenvalue weighted by Crippen LogP contribution is 2.17. The van der Waals surface area contributed by atoms with E-state index in [1.54, 1.807) is 0 Å². The molecule has 23 heavy (non-hydrogen) atoms. The van der Waals surface area contributed by atoms with Crippen LogP contribution < -0.4 is 0 Å². The molecule has 0 aliphatic rings. The first-order valence-electron chi connectivity index (χ1n) is 7.54.